The first kappa shape index (κ1) is 33.3. The molecule has 19 heteroatoms. The van der Waals surface area contributed by atoms with Crippen LogP contribution in [0.25, 0.3) is 0 Å². The van der Waals surface area contributed by atoms with E-state index in [2.05, 4.69) is 31.6 Å². The van der Waals surface area contributed by atoms with Gasteiger partial charge in [-0.05, 0) is 12.8 Å². The van der Waals surface area contributed by atoms with Crippen LogP contribution in [0.1, 0.15) is 26.2 Å². The molecule has 39 heavy (non-hydrogen) atoms. The molecule has 1 saturated heterocycles. The number of carboxylic acids is 2. The maximum atomic E-state index is 12.9. The van der Waals surface area contributed by atoms with Gasteiger partial charge in [0.25, 0.3) is 0 Å². The van der Waals surface area contributed by atoms with Crippen molar-refractivity contribution in [1.29, 1.82) is 0 Å². The topological polar surface area (TPSA) is 284 Å². The number of carbonyl (C=O) groups is 7. The summed E-state index contributed by atoms with van der Waals surface area (Å²) in [6, 6.07) is -5.36. The Balaban J connectivity index is 3.21. The molecule has 0 aliphatic carbocycles. The van der Waals surface area contributed by atoms with Gasteiger partial charge in [-0.2, -0.15) is 0 Å². The van der Waals surface area contributed by atoms with Crippen LogP contribution in [-0.2, 0) is 33.6 Å². The van der Waals surface area contributed by atoms with Gasteiger partial charge in [-0.1, -0.05) is 21.6 Å². The second kappa shape index (κ2) is 17.0. The molecule has 218 valence electrons. The molecule has 0 radical (unpaired) electrons. The fourth-order valence-electron chi connectivity index (χ4n) is 3.07. The number of carboxylic acid groups (broad SMARTS) is 2. The van der Waals surface area contributed by atoms with Crippen LogP contribution < -0.4 is 38.1 Å². The van der Waals surface area contributed by atoms with Crippen molar-refractivity contribution in [2.75, 3.05) is 24.6 Å². The van der Waals surface area contributed by atoms with E-state index >= 15 is 0 Å². The first-order chi connectivity index (χ1) is 18.3. The van der Waals surface area contributed by atoms with Crippen LogP contribution in [0, 0.1) is 0 Å². The average Bonchev–Trinajstić information content (AvgIpc) is 2.83. The number of nitrogens with zero attached hydrogens (tertiary/aromatic N) is 1. The standard InChI is InChI=1S/C20H32N8O9S2/c1-9(29)25-12-7-38-39-8-13(19(36)37)28-17(34)11(5-15(31)32)26-14(30)6-24-16(33)10(27-18(12)35)3-2-4-23-20(21)22/h10-13H,2-8H2,1H3,(H,24,33)(H,25,29)(H,26,30)(H,27,35)(H,28,34)(H,31,32)(H,36,37)(H4,21,22,23)/t10-,11-,12-,13-/m1/s1. The summed E-state index contributed by atoms with van der Waals surface area (Å²) in [6.07, 6.45) is -0.536. The molecule has 1 fully saturated rings. The van der Waals surface area contributed by atoms with Crippen molar-refractivity contribution in [3.63, 3.8) is 0 Å². The molecule has 4 atom stereocenters. The highest BCUT2D eigenvalue weighted by molar-refractivity contribution is 8.76. The van der Waals surface area contributed by atoms with Crippen LogP contribution in [0.5, 0.6) is 0 Å². The maximum absolute atomic E-state index is 12.9. The number of nitrogens with one attached hydrogen (secondary N) is 5. The van der Waals surface area contributed by atoms with E-state index < -0.39 is 78.6 Å². The monoisotopic (exact) mass is 592 g/mol. The number of aliphatic imine (C=N–C) groups is 1. The van der Waals surface area contributed by atoms with Crippen LogP contribution in [0.15, 0.2) is 4.99 Å². The van der Waals surface area contributed by atoms with E-state index in [1.165, 1.54) is 6.92 Å². The summed E-state index contributed by atoms with van der Waals surface area (Å²) in [6.45, 7) is 0.641. The predicted octanol–water partition coefficient (Wildman–Crippen LogP) is -3.93. The van der Waals surface area contributed by atoms with Crippen LogP contribution in [0.2, 0.25) is 0 Å². The molecule has 1 aliphatic rings. The quantitative estimate of drug-likeness (QED) is 0.0564. The van der Waals surface area contributed by atoms with E-state index in [1.54, 1.807) is 0 Å². The van der Waals surface area contributed by atoms with Crippen molar-refractivity contribution in [2.45, 2.75) is 50.4 Å². The largest absolute Gasteiger partial charge is 0.481 e. The van der Waals surface area contributed by atoms with Gasteiger partial charge in [0.2, 0.25) is 29.5 Å². The SMILES string of the molecule is CC(=O)N[C@@H]1CSSC[C@H](C(=O)O)NC(=O)[C@@H](CC(=O)O)NC(=O)CNC(=O)[C@@H](CCCN=C(N)N)NC1=O. The minimum atomic E-state index is -1.62. The Labute approximate surface area is 230 Å². The van der Waals surface area contributed by atoms with Gasteiger partial charge in [-0.3, -0.25) is 33.8 Å². The summed E-state index contributed by atoms with van der Waals surface area (Å²) < 4.78 is 0. The molecule has 1 rings (SSSR count). The van der Waals surface area contributed by atoms with E-state index in [1.807, 2.05) is 0 Å². The second-order valence-corrected chi connectivity index (χ2v) is 10.7. The molecule has 0 unspecified atom stereocenters. The highest BCUT2D eigenvalue weighted by atomic mass is 33.1. The lowest BCUT2D eigenvalue weighted by atomic mass is 10.1. The van der Waals surface area contributed by atoms with Crippen molar-refractivity contribution < 1.29 is 43.8 Å². The molecule has 0 bridgehead atoms. The van der Waals surface area contributed by atoms with E-state index in [0.29, 0.717) is 0 Å². The smallest absolute Gasteiger partial charge is 0.327 e. The lowest BCUT2D eigenvalue weighted by Gasteiger charge is -2.22. The summed E-state index contributed by atoms with van der Waals surface area (Å²) in [4.78, 5) is 89.1. The predicted molar refractivity (Wildman–Crippen MR) is 141 cm³/mol. The van der Waals surface area contributed by atoms with Crippen molar-refractivity contribution in [3.8, 4) is 0 Å². The van der Waals surface area contributed by atoms with E-state index in [0.717, 1.165) is 21.6 Å². The fourth-order valence-corrected chi connectivity index (χ4v) is 5.39. The van der Waals surface area contributed by atoms with Gasteiger partial charge in [0.05, 0.1) is 13.0 Å². The minimum Gasteiger partial charge on any atom is -0.481 e. The minimum absolute atomic E-state index is 0.0274. The summed E-state index contributed by atoms with van der Waals surface area (Å²) >= 11 is 0. The van der Waals surface area contributed by atoms with Crippen molar-refractivity contribution >= 4 is 69.0 Å². The number of hydrogen-bond acceptors (Lipinski definition) is 10. The molecule has 0 aromatic carbocycles. The van der Waals surface area contributed by atoms with Crippen LogP contribution in [0.4, 0.5) is 0 Å². The van der Waals surface area contributed by atoms with Gasteiger partial charge in [-0.15, -0.1) is 0 Å². The van der Waals surface area contributed by atoms with Crippen LogP contribution >= 0.6 is 21.6 Å². The zero-order valence-electron chi connectivity index (χ0n) is 20.9. The highest BCUT2D eigenvalue weighted by Crippen LogP contribution is 2.23. The summed E-state index contributed by atoms with van der Waals surface area (Å²) in [5.41, 5.74) is 10.6. The second-order valence-electron chi connectivity index (χ2n) is 8.17. The number of amides is 5. The molecule has 5 amide bonds. The third-order valence-electron chi connectivity index (χ3n) is 4.89. The molecular formula is C20H32N8O9S2. The lowest BCUT2D eigenvalue weighted by molar-refractivity contribution is -0.143. The molecule has 11 N–H and O–H groups in total. The van der Waals surface area contributed by atoms with Gasteiger partial charge in [0.15, 0.2) is 5.96 Å². The van der Waals surface area contributed by atoms with Crippen LogP contribution in [-0.4, -0.2) is 106 Å². The normalized spacial score (nSPS) is 23.6. The molecule has 1 heterocycles. The fraction of sp³-hybridized carbons (Fsp3) is 0.600. The molecule has 0 saturated carbocycles. The van der Waals surface area contributed by atoms with Crippen molar-refractivity contribution in [3.05, 3.63) is 0 Å². The van der Waals surface area contributed by atoms with Gasteiger partial charge < -0.3 is 48.3 Å². The Morgan fingerprint density at radius 1 is 0.974 bits per heavy atom. The number of guanidine groups is 1. The molecule has 17 nitrogen and oxygen atoms in total. The van der Waals surface area contributed by atoms with E-state index in [4.69, 9.17) is 16.6 Å². The summed E-state index contributed by atoms with van der Waals surface area (Å²) in [7, 11) is 1.99. The average molecular weight is 593 g/mol. The van der Waals surface area contributed by atoms with Gasteiger partial charge >= 0.3 is 11.9 Å². The van der Waals surface area contributed by atoms with Crippen LogP contribution in [0.3, 0.4) is 0 Å². The number of hydrogen-bond donors (Lipinski definition) is 9. The molecular weight excluding hydrogens is 560 g/mol. The third kappa shape index (κ3) is 13.6. The molecule has 1 aliphatic heterocycles. The van der Waals surface area contributed by atoms with Gasteiger partial charge in [0.1, 0.15) is 24.2 Å². The van der Waals surface area contributed by atoms with E-state index in [9.17, 15) is 38.7 Å². The van der Waals surface area contributed by atoms with E-state index in [-0.39, 0.29) is 36.9 Å². The van der Waals surface area contributed by atoms with Crippen molar-refractivity contribution in [2.24, 2.45) is 16.5 Å². The Morgan fingerprint density at radius 3 is 2.23 bits per heavy atom. The summed E-state index contributed by atoms with van der Waals surface area (Å²) in [5, 5.41) is 30.2. The Kier molecular flexibility index (Phi) is 14.5. The lowest BCUT2D eigenvalue weighted by Crippen LogP contribution is -2.56. The first-order valence-corrected chi connectivity index (χ1v) is 14.0. The highest BCUT2D eigenvalue weighted by Gasteiger charge is 2.30. The van der Waals surface area contributed by atoms with Gasteiger partial charge in [-0.25, -0.2) is 4.79 Å². The van der Waals surface area contributed by atoms with Gasteiger partial charge in [0, 0.05) is 25.0 Å². The third-order valence-corrected chi connectivity index (χ3v) is 7.32. The molecule has 0 aromatic heterocycles. The Morgan fingerprint density at radius 2 is 1.64 bits per heavy atom. The number of rotatable bonds is 8. The Bertz CT molecular complexity index is 977. The first-order valence-electron chi connectivity index (χ1n) is 11.5. The zero-order chi connectivity index (χ0) is 29.5. The maximum Gasteiger partial charge on any atom is 0.327 e. The van der Waals surface area contributed by atoms with Crippen molar-refractivity contribution in [1.82, 2.24) is 26.6 Å². The number of nitrogens with two attached hydrogens (primary N) is 2. The Hall–Kier alpha value is -3.74. The number of carbonyl (C=O) groups excluding carboxylic acids is 5. The molecule has 0 aromatic rings. The summed E-state index contributed by atoms with van der Waals surface area (Å²) in [5.74, 6) is -7.24. The number of aliphatic carboxylic acids is 2. The molecule has 0 spiro atoms. The zero-order valence-corrected chi connectivity index (χ0v) is 22.6.